The summed E-state index contributed by atoms with van der Waals surface area (Å²) in [6.07, 6.45) is 0.606. The molecular weight excluding hydrogens is 498 g/mol. The summed E-state index contributed by atoms with van der Waals surface area (Å²) in [5, 5.41) is 17.8. The van der Waals surface area contributed by atoms with Gasteiger partial charge in [0.2, 0.25) is 5.91 Å². The van der Waals surface area contributed by atoms with Gasteiger partial charge in [0, 0.05) is 27.1 Å². The molecule has 1 unspecified atom stereocenters. The lowest BCUT2D eigenvalue weighted by molar-refractivity contribution is -0.115. The van der Waals surface area contributed by atoms with E-state index in [1.54, 1.807) is 12.1 Å². The molecular formula is C30H27N3O2S2. The third-order valence-electron chi connectivity index (χ3n) is 5.85. The number of hydrogen-bond donors (Lipinski definition) is 2. The van der Waals surface area contributed by atoms with Crippen molar-refractivity contribution in [3.8, 4) is 17.2 Å². The Morgan fingerprint density at radius 2 is 1.65 bits per heavy atom. The minimum absolute atomic E-state index is 0.157. The number of benzene rings is 3. The molecule has 7 heteroatoms. The Morgan fingerprint density at radius 3 is 2.30 bits per heavy atom. The molecule has 0 saturated carbocycles. The van der Waals surface area contributed by atoms with Crippen LogP contribution in [0.25, 0.3) is 11.1 Å². The van der Waals surface area contributed by atoms with Gasteiger partial charge in [0.15, 0.2) is 0 Å². The average molecular weight is 526 g/mol. The topological polar surface area (TPSA) is 82.0 Å². The van der Waals surface area contributed by atoms with Gasteiger partial charge >= 0.3 is 0 Å². The van der Waals surface area contributed by atoms with Crippen LogP contribution in [0.1, 0.15) is 40.4 Å². The first kappa shape index (κ1) is 26.2. The van der Waals surface area contributed by atoms with Crippen molar-refractivity contribution in [1.29, 1.82) is 5.26 Å². The first-order valence-corrected chi connectivity index (χ1v) is 13.7. The Bertz CT molecular complexity index is 1450. The molecule has 4 aromatic rings. The Labute approximate surface area is 225 Å². The Hall–Kier alpha value is -3.86. The van der Waals surface area contributed by atoms with E-state index in [9.17, 15) is 14.9 Å². The third kappa shape index (κ3) is 6.48. The van der Waals surface area contributed by atoms with Gasteiger partial charge in [-0.05, 0) is 56.2 Å². The van der Waals surface area contributed by atoms with E-state index in [-0.39, 0.29) is 17.1 Å². The predicted molar refractivity (Wildman–Crippen MR) is 153 cm³/mol. The van der Waals surface area contributed by atoms with E-state index in [4.69, 9.17) is 0 Å². The van der Waals surface area contributed by atoms with E-state index < -0.39 is 0 Å². The molecule has 186 valence electrons. The quantitative estimate of drug-likeness (QED) is 0.231. The van der Waals surface area contributed by atoms with Gasteiger partial charge in [-0.2, -0.15) is 5.26 Å². The van der Waals surface area contributed by atoms with E-state index in [0.29, 0.717) is 28.2 Å². The van der Waals surface area contributed by atoms with E-state index >= 15 is 0 Å². The van der Waals surface area contributed by atoms with Gasteiger partial charge in [0.05, 0.1) is 10.8 Å². The van der Waals surface area contributed by atoms with E-state index in [1.165, 1.54) is 23.1 Å². The van der Waals surface area contributed by atoms with Crippen LogP contribution in [-0.4, -0.2) is 17.1 Å². The summed E-state index contributed by atoms with van der Waals surface area (Å²) >= 11 is 2.79. The van der Waals surface area contributed by atoms with Crippen molar-refractivity contribution in [2.45, 2.75) is 37.3 Å². The van der Waals surface area contributed by atoms with Crippen LogP contribution in [0.2, 0.25) is 0 Å². The van der Waals surface area contributed by atoms with Gasteiger partial charge in [0.25, 0.3) is 5.91 Å². The predicted octanol–water partition coefficient (Wildman–Crippen LogP) is 7.67. The standard InChI is InChI=1S/C30H27N3O2S2/c1-4-27(29(35)33-30-25(17-31)26(18-36-30)21-12-8-19(2)9-13-21)37-24-7-5-6-23(16-24)32-28(34)22-14-10-20(3)11-15-22/h5-16,18,27H,4H2,1-3H3,(H,32,34)(H,33,35). The van der Waals surface area contributed by atoms with Gasteiger partial charge in [-0.1, -0.05) is 60.5 Å². The molecule has 0 aliphatic heterocycles. The molecule has 2 N–H and O–H groups in total. The SMILES string of the molecule is CCC(Sc1cccc(NC(=O)c2ccc(C)cc2)c1)C(=O)Nc1scc(-c2ccc(C)cc2)c1C#N. The van der Waals surface area contributed by atoms with Crippen molar-refractivity contribution >= 4 is 45.6 Å². The van der Waals surface area contributed by atoms with Gasteiger partial charge in [-0.15, -0.1) is 23.1 Å². The maximum Gasteiger partial charge on any atom is 0.255 e. The van der Waals surface area contributed by atoms with Gasteiger partial charge < -0.3 is 10.6 Å². The molecule has 4 rings (SSSR count). The number of rotatable bonds is 8. The van der Waals surface area contributed by atoms with Crippen LogP contribution in [0.3, 0.4) is 0 Å². The number of anilines is 2. The highest BCUT2D eigenvalue weighted by Gasteiger charge is 2.22. The van der Waals surface area contributed by atoms with Gasteiger partial charge in [-0.25, -0.2) is 0 Å². The second-order valence-electron chi connectivity index (χ2n) is 8.68. The average Bonchev–Trinajstić information content (AvgIpc) is 3.30. The highest BCUT2D eigenvalue weighted by molar-refractivity contribution is 8.00. The number of amides is 2. The van der Waals surface area contributed by atoms with Gasteiger partial charge in [0.1, 0.15) is 11.1 Å². The third-order valence-corrected chi connectivity index (χ3v) is 8.10. The van der Waals surface area contributed by atoms with E-state index in [1.807, 2.05) is 86.8 Å². The Balaban J connectivity index is 1.45. The van der Waals surface area contributed by atoms with Crippen LogP contribution in [-0.2, 0) is 4.79 Å². The summed E-state index contributed by atoms with van der Waals surface area (Å²) in [5.41, 5.74) is 5.73. The number of carbonyl (C=O) groups excluding carboxylic acids is 2. The van der Waals surface area contributed by atoms with Crippen LogP contribution in [0, 0.1) is 25.2 Å². The molecule has 1 atom stereocenters. The largest absolute Gasteiger partial charge is 0.322 e. The van der Waals surface area contributed by atoms with Crippen molar-refractivity contribution < 1.29 is 9.59 Å². The summed E-state index contributed by atoms with van der Waals surface area (Å²) in [6, 6.07) is 25.1. The minimum atomic E-state index is -0.362. The number of nitrogens with zero attached hydrogens (tertiary/aromatic N) is 1. The lowest BCUT2D eigenvalue weighted by atomic mass is 10.0. The summed E-state index contributed by atoms with van der Waals surface area (Å²) in [7, 11) is 0. The molecule has 37 heavy (non-hydrogen) atoms. The fourth-order valence-electron chi connectivity index (χ4n) is 3.74. The highest BCUT2D eigenvalue weighted by atomic mass is 32.2. The number of aryl methyl sites for hydroxylation is 2. The van der Waals surface area contributed by atoms with Crippen molar-refractivity contribution in [3.05, 3.63) is 100 Å². The van der Waals surface area contributed by atoms with E-state index in [0.717, 1.165) is 27.1 Å². The summed E-state index contributed by atoms with van der Waals surface area (Å²) in [6.45, 7) is 5.95. The second-order valence-corrected chi connectivity index (χ2v) is 10.8. The van der Waals surface area contributed by atoms with Gasteiger partial charge in [-0.3, -0.25) is 9.59 Å². The normalized spacial score (nSPS) is 11.4. The molecule has 0 aliphatic carbocycles. The number of thioether (sulfide) groups is 1. The zero-order valence-corrected chi connectivity index (χ0v) is 22.5. The minimum Gasteiger partial charge on any atom is -0.322 e. The van der Waals surface area contributed by atoms with Crippen molar-refractivity contribution in [3.63, 3.8) is 0 Å². The van der Waals surface area contributed by atoms with Crippen LogP contribution in [0.15, 0.2) is 83.1 Å². The summed E-state index contributed by atoms with van der Waals surface area (Å²) in [4.78, 5) is 26.6. The fraction of sp³-hybridized carbons (Fsp3) is 0.167. The zero-order chi connectivity index (χ0) is 26.4. The molecule has 0 saturated heterocycles. The molecule has 0 bridgehead atoms. The molecule has 1 heterocycles. The fourth-order valence-corrected chi connectivity index (χ4v) is 5.68. The van der Waals surface area contributed by atoms with Crippen LogP contribution in [0.4, 0.5) is 10.7 Å². The maximum absolute atomic E-state index is 13.2. The lowest BCUT2D eigenvalue weighted by Crippen LogP contribution is -2.24. The smallest absolute Gasteiger partial charge is 0.255 e. The maximum atomic E-state index is 13.2. The highest BCUT2D eigenvalue weighted by Crippen LogP contribution is 2.36. The molecule has 0 fully saturated rings. The van der Waals surface area contributed by atoms with Crippen molar-refractivity contribution in [2.75, 3.05) is 10.6 Å². The molecule has 0 radical (unpaired) electrons. The number of nitrogens with one attached hydrogen (secondary N) is 2. The first-order valence-electron chi connectivity index (χ1n) is 11.9. The molecule has 0 spiro atoms. The van der Waals surface area contributed by atoms with Crippen molar-refractivity contribution in [2.24, 2.45) is 0 Å². The number of thiophene rings is 1. The molecule has 3 aromatic carbocycles. The Kier molecular flexibility index (Phi) is 8.44. The molecule has 1 aromatic heterocycles. The van der Waals surface area contributed by atoms with Crippen molar-refractivity contribution in [1.82, 2.24) is 0 Å². The van der Waals surface area contributed by atoms with Crippen LogP contribution in [0.5, 0.6) is 0 Å². The molecule has 2 amide bonds. The van der Waals surface area contributed by atoms with Crippen LogP contribution < -0.4 is 10.6 Å². The number of hydrogen-bond acceptors (Lipinski definition) is 5. The molecule has 5 nitrogen and oxygen atoms in total. The lowest BCUT2D eigenvalue weighted by Gasteiger charge is -2.15. The van der Waals surface area contributed by atoms with E-state index in [2.05, 4.69) is 16.7 Å². The number of nitriles is 1. The Morgan fingerprint density at radius 1 is 0.973 bits per heavy atom. The number of carbonyl (C=O) groups is 2. The summed E-state index contributed by atoms with van der Waals surface area (Å²) < 4.78 is 0. The second kappa shape index (κ2) is 11.9. The monoisotopic (exact) mass is 525 g/mol. The zero-order valence-electron chi connectivity index (χ0n) is 20.9. The first-order chi connectivity index (χ1) is 17.9. The molecule has 0 aliphatic rings. The summed E-state index contributed by atoms with van der Waals surface area (Å²) in [5.74, 6) is -0.339. The van der Waals surface area contributed by atoms with Crippen LogP contribution >= 0.6 is 23.1 Å².